The Bertz CT molecular complexity index is 181. The van der Waals surface area contributed by atoms with E-state index < -0.39 is 0 Å². The van der Waals surface area contributed by atoms with Crippen molar-refractivity contribution >= 4 is 5.91 Å². The van der Waals surface area contributed by atoms with Gasteiger partial charge in [0.15, 0.2) is 0 Å². The van der Waals surface area contributed by atoms with E-state index in [4.69, 9.17) is 5.84 Å². The molecule has 0 spiro atoms. The maximum atomic E-state index is 10.7. The van der Waals surface area contributed by atoms with Crippen LogP contribution >= 0.6 is 0 Å². The van der Waals surface area contributed by atoms with Crippen LogP contribution in [0.25, 0.3) is 0 Å². The van der Waals surface area contributed by atoms with Gasteiger partial charge in [-0.3, -0.25) is 10.2 Å². The summed E-state index contributed by atoms with van der Waals surface area (Å²) in [6.45, 7) is 0. The van der Waals surface area contributed by atoms with Crippen LogP contribution in [-0.2, 0) is 4.79 Å². The van der Waals surface area contributed by atoms with Crippen LogP contribution in [0.5, 0.6) is 0 Å². The van der Waals surface area contributed by atoms with Crippen molar-refractivity contribution < 1.29 is 4.79 Å². The van der Waals surface area contributed by atoms with Gasteiger partial charge in [0.1, 0.15) is 0 Å². The summed E-state index contributed by atoms with van der Waals surface area (Å²) in [6, 6.07) is 0. The summed E-state index contributed by atoms with van der Waals surface area (Å²) >= 11 is 0. The minimum absolute atomic E-state index is 0.194. The van der Waals surface area contributed by atoms with Gasteiger partial charge in [0.2, 0.25) is 0 Å². The highest BCUT2D eigenvalue weighted by Crippen LogP contribution is 2.08. The lowest BCUT2D eigenvalue weighted by atomic mass is 10.2. The average molecular weight is 124 g/mol. The molecule has 0 atom stereocenters. The van der Waals surface area contributed by atoms with Crippen molar-refractivity contribution in [2.75, 3.05) is 0 Å². The first kappa shape index (κ1) is 6.04. The molecular weight excluding hydrogens is 116 g/mol. The van der Waals surface area contributed by atoms with E-state index in [-0.39, 0.29) is 5.91 Å². The molecule has 0 saturated heterocycles. The second-order valence-corrected chi connectivity index (χ2v) is 1.80. The summed E-state index contributed by atoms with van der Waals surface area (Å²) in [6.07, 6.45) is 6.19. The molecule has 0 aromatic carbocycles. The van der Waals surface area contributed by atoms with Crippen LogP contribution in [-0.4, -0.2) is 5.91 Å². The molecular formula is C6H8N2O. The Morgan fingerprint density at radius 2 is 2.56 bits per heavy atom. The molecule has 0 aliphatic heterocycles. The molecule has 1 rings (SSSR count). The molecule has 0 aromatic rings. The number of hydrazine groups is 1. The molecule has 0 aromatic heterocycles. The molecule has 1 aliphatic rings. The first-order valence-corrected chi connectivity index (χ1v) is 2.71. The fraction of sp³-hybridized carbons (Fsp3) is 0.167. The Balaban J connectivity index is 2.55. The number of carbonyl (C=O) groups is 1. The number of allylic oxidation sites excluding steroid dienone is 3. The third-order valence-electron chi connectivity index (χ3n) is 1.19. The quantitative estimate of drug-likeness (QED) is 0.290. The van der Waals surface area contributed by atoms with E-state index in [0.29, 0.717) is 6.42 Å². The number of nitrogens with two attached hydrogens (primary N) is 1. The predicted octanol–water partition coefficient (Wildman–Crippen LogP) is -0.137. The highest BCUT2D eigenvalue weighted by Gasteiger charge is 2.06. The predicted molar refractivity (Wildman–Crippen MR) is 34.2 cm³/mol. The molecule has 48 valence electrons. The Morgan fingerprint density at radius 3 is 3.00 bits per heavy atom. The Morgan fingerprint density at radius 1 is 1.78 bits per heavy atom. The van der Waals surface area contributed by atoms with Crippen LogP contribution in [0.15, 0.2) is 23.8 Å². The molecule has 0 fully saturated rings. The average Bonchev–Trinajstić information content (AvgIpc) is 2.37. The van der Waals surface area contributed by atoms with E-state index in [1.54, 1.807) is 6.08 Å². The Labute approximate surface area is 53.2 Å². The van der Waals surface area contributed by atoms with Crippen LogP contribution in [0.1, 0.15) is 6.42 Å². The number of hydrogen-bond acceptors (Lipinski definition) is 2. The van der Waals surface area contributed by atoms with Crippen molar-refractivity contribution in [1.29, 1.82) is 0 Å². The molecule has 9 heavy (non-hydrogen) atoms. The number of nitrogens with one attached hydrogen (secondary N) is 1. The fourth-order valence-corrected chi connectivity index (χ4v) is 0.708. The van der Waals surface area contributed by atoms with Crippen LogP contribution < -0.4 is 11.3 Å². The zero-order valence-corrected chi connectivity index (χ0v) is 4.92. The van der Waals surface area contributed by atoms with Crippen molar-refractivity contribution in [3.63, 3.8) is 0 Å². The second-order valence-electron chi connectivity index (χ2n) is 1.80. The van der Waals surface area contributed by atoms with Crippen LogP contribution in [0, 0.1) is 0 Å². The van der Waals surface area contributed by atoms with Gasteiger partial charge >= 0.3 is 0 Å². The highest BCUT2D eigenvalue weighted by molar-refractivity contribution is 5.94. The molecule has 0 saturated carbocycles. The van der Waals surface area contributed by atoms with Gasteiger partial charge in [-0.25, -0.2) is 5.84 Å². The number of carbonyl (C=O) groups excluding carboxylic acids is 1. The fourth-order valence-electron chi connectivity index (χ4n) is 0.708. The van der Waals surface area contributed by atoms with Crippen LogP contribution in [0.4, 0.5) is 0 Å². The van der Waals surface area contributed by atoms with Gasteiger partial charge < -0.3 is 0 Å². The van der Waals surface area contributed by atoms with Crippen LogP contribution in [0.3, 0.4) is 0 Å². The minimum atomic E-state index is -0.194. The van der Waals surface area contributed by atoms with Gasteiger partial charge in [0.25, 0.3) is 5.91 Å². The zero-order valence-electron chi connectivity index (χ0n) is 4.92. The van der Waals surface area contributed by atoms with E-state index in [1.807, 2.05) is 12.2 Å². The third-order valence-corrected chi connectivity index (χ3v) is 1.19. The lowest BCUT2D eigenvalue weighted by Crippen LogP contribution is -2.30. The van der Waals surface area contributed by atoms with Gasteiger partial charge in [0, 0.05) is 5.57 Å². The SMILES string of the molecule is NNC(=O)C1=CC=CC1. The second kappa shape index (κ2) is 2.46. The molecule has 1 amide bonds. The maximum absolute atomic E-state index is 10.7. The van der Waals surface area contributed by atoms with E-state index in [0.717, 1.165) is 5.57 Å². The van der Waals surface area contributed by atoms with E-state index >= 15 is 0 Å². The summed E-state index contributed by atoms with van der Waals surface area (Å²) in [7, 11) is 0. The van der Waals surface area contributed by atoms with Gasteiger partial charge in [-0.15, -0.1) is 0 Å². The van der Waals surface area contributed by atoms with Gasteiger partial charge in [-0.05, 0) is 6.42 Å². The van der Waals surface area contributed by atoms with Crippen molar-refractivity contribution in [2.24, 2.45) is 5.84 Å². The Kier molecular flexibility index (Phi) is 1.65. The molecule has 0 heterocycles. The lowest BCUT2D eigenvalue weighted by molar-refractivity contribution is -0.117. The first-order valence-electron chi connectivity index (χ1n) is 2.71. The largest absolute Gasteiger partial charge is 0.290 e. The van der Waals surface area contributed by atoms with Gasteiger partial charge in [-0.1, -0.05) is 18.2 Å². The summed E-state index contributed by atoms with van der Waals surface area (Å²) in [4.78, 5) is 10.7. The van der Waals surface area contributed by atoms with Gasteiger partial charge in [-0.2, -0.15) is 0 Å². The monoisotopic (exact) mass is 124 g/mol. The molecule has 0 radical (unpaired) electrons. The zero-order chi connectivity index (χ0) is 6.69. The maximum Gasteiger partial charge on any atom is 0.261 e. The number of hydrogen-bond donors (Lipinski definition) is 2. The summed E-state index contributed by atoms with van der Waals surface area (Å²) < 4.78 is 0. The van der Waals surface area contributed by atoms with Gasteiger partial charge in [0.05, 0.1) is 0 Å². The number of rotatable bonds is 1. The van der Waals surface area contributed by atoms with E-state index in [9.17, 15) is 4.79 Å². The summed E-state index contributed by atoms with van der Waals surface area (Å²) in [5.74, 6) is 4.69. The highest BCUT2D eigenvalue weighted by atomic mass is 16.2. The molecule has 3 nitrogen and oxygen atoms in total. The molecule has 0 unspecified atom stereocenters. The lowest BCUT2D eigenvalue weighted by Gasteiger charge is -1.96. The summed E-state index contributed by atoms with van der Waals surface area (Å²) in [5.41, 5.74) is 2.78. The van der Waals surface area contributed by atoms with Crippen molar-refractivity contribution in [1.82, 2.24) is 5.43 Å². The van der Waals surface area contributed by atoms with E-state index in [2.05, 4.69) is 5.43 Å². The molecule has 3 N–H and O–H groups in total. The smallest absolute Gasteiger partial charge is 0.261 e. The normalized spacial score (nSPS) is 15.4. The van der Waals surface area contributed by atoms with Crippen molar-refractivity contribution in [3.8, 4) is 0 Å². The Hall–Kier alpha value is -1.09. The molecule has 3 heteroatoms. The summed E-state index contributed by atoms with van der Waals surface area (Å²) in [5, 5.41) is 0. The first-order chi connectivity index (χ1) is 4.34. The molecule has 1 aliphatic carbocycles. The van der Waals surface area contributed by atoms with Crippen molar-refractivity contribution in [3.05, 3.63) is 23.8 Å². The van der Waals surface area contributed by atoms with E-state index in [1.165, 1.54) is 0 Å². The minimum Gasteiger partial charge on any atom is -0.290 e. The van der Waals surface area contributed by atoms with Crippen molar-refractivity contribution in [2.45, 2.75) is 6.42 Å². The van der Waals surface area contributed by atoms with Crippen LogP contribution in [0.2, 0.25) is 0 Å². The standard InChI is InChI=1S/C6H8N2O/c7-8-6(9)5-3-1-2-4-5/h1-3H,4,7H2,(H,8,9). The molecule has 0 bridgehead atoms. The topological polar surface area (TPSA) is 55.1 Å². The third kappa shape index (κ3) is 1.17. The number of amides is 1.